The van der Waals surface area contributed by atoms with E-state index in [4.69, 9.17) is 16.9 Å². The average molecular weight is 203 g/mol. The molecule has 0 aromatic heterocycles. The van der Waals surface area contributed by atoms with Crippen LogP contribution in [0.1, 0.15) is 6.92 Å². The summed E-state index contributed by atoms with van der Waals surface area (Å²) in [6.45, 7) is 1.94. The van der Waals surface area contributed by atoms with Gasteiger partial charge in [-0.1, -0.05) is 11.8 Å². The van der Waals surface area contributed by atoms with Gasteiger partial charge in [-0.05, 0) is 0 Å². The van der Waals surface area contributed by atoms with Gasteiger partial charge in [0.25, 0.3) is 0 Å². The van der Waals surface area contributed by atoms with Crippen molar-refractivity contribution in [3.05, 3.63) is 0 Å². The summed E-state index contributed by atoms with van der Waals surface area (Å²) in [4.78, 5) is 13.9. The topological polar surface area (TPSA) is 117 Å². The van der Waals surface area contributed by atoms with Crippen LogP contribution in [0.15, 0.2) is 4.99 Å². The number of guanidine groups is 1. The Morgan fingerprint density at radius 2 is 2.23 bits per heavy atom. The summed E-state index contributed by atoms with van der Waals surface area (Å²) in [6, 6.07) is 0. The number of thioether (sulfide) groups is 1. The van der Waals surface area contributed by atoms with Crippen molar-refractivity contribution in [1.82, 2.24) is 5.32 Å². The Kier molecular flexibility index (Phi) is 5.69. The van der Waals surface area contributed by atoms with Gasteiger partial charge in [-0.3, -0.25) is 10.2 Å². The van der Waals surface area contributed by atoms with Crippen LogP contribution in [0, 0.1) is 5.41 Å². The predicted molar refractivity (Wildman–Crippen MR) is 54.7 cm³/mol. The third kappa shape index (κ3) is 8.67. The molecule has 0 aromatic carbocycles. The maximum atomic E-state index is 10.4. The van der Waals surface area contributed by atoms with E-state index >= 15 is 0 Å². The Morgan fingerprint density at radius 3 is 2.69 bits per heavy atom. The molecule has 6 nitrogen and oxygen atoms in total. The molecule has 0 aliphatic heterocycles. The second-order valence-electron chi connectivity index (χ2n) is 2.17. The molecule has 0 aliphatic carbocycles. The number of nitrogens with zero attached hydrogens (tertiary/aromatic N) is 1. The van der Waals surface area contributed by atoms with Gasteiger partial charge in [-0.15, -0.1) is 0 Å². The summed E-state index contributed by atoms with van der Waals surface area (Å²) in [5.74, 6) is 0.362. The van der Waals surface area contributed by atoms with E-state index in [1.165, 1.54) is 18.7 Å². The highest BCUT2D eigenvalue weighted by Gasteiger charge is 1.96. The highest BCUT2D eigenvalue weighted by molar-refractivity contribution is 8.13. The largest absolute Gasteiger partial charge is 0.370 e. The van der Waals surface area contributed by atoms with Crippen molar-refractivity contribution in [1.29, 1.82) is 5.41 Å². The summed E-state index contributed by atoms with van der Waals surface area (Å²) in [5, 5.41) is 9.84. The molecule has 0 saturated heterocycles. The molecule has 0 heterocycles. The molecule has 6 N–H and O–H groups in total. The van der Waals surface area contributed by atoms with Crippen molar-refractivity contribution in [3.8, 4) is 0 Å². The molecule has 0 radical (unpaired) electrons. The minimum atomic E-state index is -0.128. The summed E-state index contributed by atoms with van der Waals surface area (Å²) >= 11 is 1.17. The standard InChI is InChI=1S/C6H13N5OS/c1-4(12)10-2-3-13-6(9)11-5(7)8/h2-3H2,1H3,(H,10,12)(H5,7,8,9,11). The third-order valence-corrected chi connectivity index (χ3v) is 1.72. The Hall–Kier alpha value is -1.24. The Morgan fingerprint density at radius 1 is 1.62 bits per heavy atom. The molecule has 74 valence electrons. The number of aliphatic imine (C=N–C) groups is 1. The first-order valence-corrected chi connectivity index (χ1v) is 4.56. The molecular formula is C6H13N5OS. The molecule has 1 amide bonds. The fourth-order valence-corrected chi connectivity index (χ4v) is 1.09. The Bertz CT molecular complexity index is 223. The molecule has 0 bridgehead atoms. The van der Waals surface area contributed by atoms with Gasteiger partial charge in [0, 0.05) is 19.2 Å². The Balaban J connectivity index is 3.49. The number of amides is 1. The molecule has 0 saturated carbocycles. The molecule has 0 fully saturated rings. The zero-order valence-corrected chi connectivity index (χ0v) is 8.15. The third-order valence-electron chi connectivity index (χ3n) is 0.945. The molecule has 0 aliphatic rings. The predicted octanol–water partition coefficient (Wildman–Crippen LogP) is -0.936. The summed E-state index contributed by atoms with van der Waals surface area (Å²) in [7, 11) is 0. The van der Waals surface area contributed by atoms with E-state index in [0.29, 0.717) is 12.3 Å². The number of hydrogen-bond acceptors (Lipinski definition) is 3. The number of nitrogens with two attached hydrogens (primary N) is 2. The number of carbonyl (C=O) groups is 1. The second-order valence-corrected chi connectivity index (χ2v) is 3.26. The van der Waals surface area contributed by atoms with Gasteiger partial charge in [0.1, 0.15) is 0 Å². The molecule has 0 spiro atoms. The van der Waals surface area contributed by atoms with Crippen LogP contribution in [-0.4, -0.2) is 29.3 Å². The van der Waals surface area contributed by atoms with E-state index in [2.05, 4.69) is 10.3 Å². The van der Waals surface area contributed by atoms with Crippen LogP contribution in [0.2, 0.25) is 0 Å². The first-order chi connectivity index (χ1) is 6.02. The molecule has 0 aromatic rings. The lowest BCUT2D eigenvalue weighted by Crippen LogP contribution is -2.24. The van der Waals surface area contributed by atoms with Crippen molar-refractivity contribution < 1.29 is 4.79 Å². The van der Waals surface area contributed by atoms with Crippen molar-refractivity contribution in [2.24, 2.45) is 16.5 Å². The van der Waals surface area contributed by atoms with E-state index in [0.717, 1.165) is 0 Å². The van der Waals surface area contributed by atoms with E-state index in [9.17, 15) is 4.79 Å². The SMILES string of the molecule is CC(=O)NCCSC(=N)N=C(N)N. The zero-order chi connectivity index (χ0) is 10.3. The molecule has 7 heteroatoms. The highest BCUT2D eigenvalue weighted by Crippen LogP contribution is 2.01. The number of nitrogens with one attached hydrogen (secondary N) is 2. The van der Waals surface area contributed by atoms with Crippen molar-refractivity contribution in [2.45, 2.75) is 6.92 Å². The lowest BCUT2D eigenvalue weighted by Gasteiger charge is -2.00. The van der Waals surface area contributed by atoms with Crippen LogP contribution in [0.4, 0.5) is 0 Å². The van der Waals surface area contributed by atoms with Crippen molar-refractivity contribution in [3.63, 3.8) is 0 Å². The fourth-order valence-electron chi connectivity index (χ4n) is 0.524. The van der Waals surface area contributed by atoms with Gasteiger partial charge in [0.2, 0.25) is 5.91 Å². The van der Waals surface area contributed by atoms with Crippen LogP contribution in [0.5, 0.6) is 0 Å². The fraction of sp³-hybridized carbons (Fsp3) is 0.500. The maximum absolute atomic E-state index is 10.4. The summed E-state index contributed by atoms with van der Waals surface area (Å²) in [5.41, 5.74) is 10.1. The molecular weight excluding hydrogens is 190 g/mol. The van der Waals surface area contributed by atoms with Crippen LogP contribution in [-0.2, 0) is 4.79 Å². The minimum Gasteiger partial charge on any atom is -0.370 e. The van der Waals surface area contributed by atoms with Gasteiger partial charge in [0.05, 0.1) is 0 Å². The first-order valence-electron chi connectivity index (χ1n) is 3.58. The Labute approximate surface area is 80.7 Å². The smallest absolute Gasteiger partial charge is 0.216 e. The molecule has 13 heavy (non-hydrogen) atoms. The lowest BCUT2D eigenvalue weighted by molar-refractivity contribution is -0.118. The highest BCUT2D eigenvalue weighted by atomic mass is 32.2. The monoisotopic (exact) mass is 203 g/mol. The normalized spacial score (nSPS) is 9.00. The minimum absolute atomic E-state index is 0.0466. The first kappa shape index (κ1) is 11.8. The number of rotatable bonds is 3. The quantitative estimate of drug-likeness (QED) is 0.269. The molecule has 0 unspecified atom stereocenters. The molecule has 0 rings (SSSR count). The average Bonchev–Trinajstić information content (AvgIpc) is 1.96. The number of carbonyl (C=O) groups excluding carboxylic acids is 1. The summed E-state index contributed by atoms with van der Waals surface area (Å²) in [6.07, 6.45) is 0. The van der Waals surface area contributed by atoms with Crippen LogP contribution in [0.25, 0.3) is 0 Å². The van der Waals surface area contributed by atoms with E-state index in [-0.39, 0.29) is 17.0 Å². The van der Waals surface area contributed by atoms with Gasteiger partial charge in [-0.25, -0.2) is 0 Å². The lowest BCUT2D eigenvalue weighted by atomic mass is 10.6. The van der Waals surface area contributed by atoms with E-state index < -0.39 is 0 Å². The van der Waals surface area contributed by atoms with E-state index in [1.54, 1.807) is 0 Å². The number of hydrogen-bond donors (Lipinski definition) is 4. The van der Waals surface area contributed by atoms with Crippen LogP contribution >= 0.6 is 11.8 Å². The molecule has 0 atom stereocenters. The van der Waals surface area contributed by atoms with Crippen LogP contribution < -0.4 is 16.8 Å². The summed E-state index contributed by atoms with van der Waals surface area (Å²) < 4.78 is 0. The number of amidine groups is 1. The maximum Gasteiger partial charge on any atom is 0.216 e. The van der Waals surface area contributed by atoms with Crippen LogP contribution in [0.3, 0.4) is 0 Å². The van der Waals surface area contributed by atoms with Gasteiger partial charge >= 0.3 is 0 Å². The second kappa shape index (κ2) is 6.30. The van der Waals surface area contributed by atoms with Crippen molar-refractivity contribution in [2.75, 3.05) is 12.3 Å². The van der Waals surface area contributed by atoms with E-state index in [1.807, 2.05) is 0 Å². The van der Waals surface area contributed by atoms with Crippen molar-refractivity contribution >= 4 is 28.8 Å². The van der Waals surface area contributed by atoms with Gasteiger partial charge < -0.3 is 16.8 Å². The van der Waals surface area contributed by atoms with Gasteiger partial charge in [0.15, 0.2) is 11.1 Å². The van der Waals surface area contributed by atoms with Gasteiger partial charge in [-0.2, -0.15) is 4.99 Å². The zero-order valence-electron chi connectivity index (χ0n) is 7.33.